The maximum atomic E-state index is 12.2. The van der Waals surface area contributed by atoms with E-state index in [4.69, 9.17) is 0 Å². The van der Waals surface area contributed by atoms with E-state index in [1.165, 1.54) is 43.2 Å². The number of rotatable bonds is 1. The first-order valence-electron chi connectivity index (χ1n) is 11.3. The third-order valence-corrected chi connectivity index (χ3v) is 9.25. The minimum Gasteiger partial charge on any atom is -0.356 e. The quantitative estimate of drug-likeness (QED) is 0.734. The predicted octanol–water partition coefficient (Wildman–Crippen LogP) is 5.15. The molecular formula is C25H34N2O. The van der Waals surface area contributed by atoms with Gasteiger partial charge in [-0.15, -0.1) is 0 Å². The van der Waals surface area contributed by atoms with Crippen molar-refractivity contribution in [3.8, 4) is 0 Å². The van der Waals surface area contributed by atoms with Crippen molar-refractivity contribution in [3.63, 3.8) is 0 Å². The fraction of sp³-hybridized carbons (Fsp3) is 0.680. The molecule has 3 aliphatic carbocycles. The molecule has 3 nitrogen and oxygen atoms in total. The van der Waals surface area contributed by atoms with E-state index in [1.54, 1.807) is 5.57 Å². The summed E-state index contributed by atoms with van der Waals surface area (Å²) in [7, 11) is 0. The summed E-state index contributed by atoms with van der Waals surface area (Å²) < 4.78 is 0. The zero-order valence-corrected chi connectivity index (χ0v) is 17.6. The van der Waals surface area contributed by atoms with Gasteiger partial charge in [0.25, 0.3) is 0 Å². The van der Waals surface area contributed by atoms with Crippen LogP contribution in [-0.2, 0) is 4.79 Å². The molecule has 6 atom stereocenters. The Morgan fingerprint density at radius 3 is 2.79 bits per heavy atom. The van der Waals surface area contributed by atoms with Gasteiger partial charge < -0.3 is 5.32 Å². The van der Waals surface area contributed by atoms with E-state index in [0.29, 0.717) is 16.7 Å². The Hall–Kier alpha value is -1.64. The highest BCUT2D eigenvalue weighted by molar-refractivity contribution is 5.76. The molecule has 3 fully saturated rings. The summed E-state index contributed by atoms with van der Waals surface area (Å²) in [5.41, 5.74) is 4.77. The van der Waals surface area contributed by atoms with Gasteiger partial charge in [0.15, 0.2) is 0 Å². The summed E-state index contributed by atoms with van der Waals surface area (Å²) in [5.74, 6) is 3.20. The number of nitrogens with one attached hydrogen (secondary N) is 1. The van der Waals surface area contributed by atoms with Gasteiger partial charge in [-0.1, -0.05) is 19.9 Å². The minimum atomic E-state index is 0.282. The molecule has 150 valence electrons. The molecule has 0 spiro atoms. The lowest BCUT2D eigenvalue weighted by atomic mass is 9.46. The number of hydrogen-bond donors (Lipinski definition) is 1. The number of carbonyl (C=O) groups is 1. The molecule has 5 rings (SSSR count). The minimum absolute atomic E-state index is 0.282. The Balaban J connectivity index is 1.45. The van der Waals surface area contributed by atoms with Crippen molar-refractivity contribution in [1.29, 1.82) is 0 Å². The molecule has 1 amide bonds. The summed E-state index contributed by atoms with van der Waals surface area (Å²) in [6.45, 7) is 8.06. The molecule has 2 saturated carbocycles. The maximum Gasteiger partial charge on any atom is 0.220 e. The number of carbonyl (C=O) groups excluding carboxylic acids is 1. The van der Waals surface area contributed by atoms with Gasteiger partial charge in [0.1, 0.15) is 0 Å². The Morgan fingerprint density at radius 2 is 1.96 bits per heavy atom. The van der Waals surface area contributed by atoms with Crippen LogP contribution in [0.2, 0.25) is 0 Å². The zero-order valence-electron chi connectivity index (χ0n) is 17.6. The number of amides is 1. The summed E-state index contributed by atoms with van der Waals surface area (Å²) in [4.78, 5) is 16.7. The Bertz CT molecular complexity index is 830. The van der Waals surface area contributed by atoms with E-state index in [0.717, 1.165) is 37.1 Å². The molecule has 1 aromatic rings. The topological polar surface area (TPSA) is 42.0 Å². The standard InChI is InChI=1S/C25H34N2O/c1-16-12-17(15-26-14-16)20-6-7-21-19-5-4-18-13-23(28)27-11-10-24(18,2)22(19)8-9-25(20,21)3/h6,12,14-15,18-19,21-22H,4-5,7-11,13H2,1-3H3,(H,27,28). The van der Waals surface area contributed by atoms with Crippen molar-refractivity contribution in [2.24, 2.45) is 34.5 Å². The second-order valence-corrected chi connectivity index (χ2v) is 10.5. The van der Waals surface area contributed by atoms with Crippen molar-refractivity contribution >= 4 is 11.5 Å². The van der Waals surface area contributed by atoms with Crippen LogP contribution in [0.4, 0.5) is 0 Å². The SMILES string of the molecule is Cc1cncc(C2=CCC3C4CCC5CC(=O)NCCC5(C)C4CCC23C)c1. The average molecular weight is 379 g/mol. The van der Waals surface area contributed by atoms with Crippen LogP contribution in [0.1, 0.15) is 69.9 Å². The van der Waals surface area contributed by atoms with E-state index < -0.39 is 0 Å². The van der Waals surface area contributed by atoms with Crippen molar-refractivity contribution in [3.05, 3.63) is 35.7 Å². The number of hydrogen-bond acceptors (Lipinski definition) is 2. The third-order valence-electron chi connectivity index (χ3n) is 9.25. The molecule has 4 aliphatic rings. The monoisotopic (exact) mass is 378 g/mol. The lowest BCUT2D eigenvalue weighted by Crippen LogP contribution is -2.51. The van der Waals surface area contributed by atoms with Crippen LogP contribution in [0.5, 0.6) is 0 Å². The number of pyridine rings is 1. The molecule has 1 saturated heterocycles. The van der Waals surface area contributed by atoms with E-state index in [9.17, 15) is 4.79 Å². The van der Waals surface area contributed by atoms with Gasteiger partial charge in [-0.25, -0.2) is 0 Å². The molecule has 6 unspecified atom stereocenters. The molecule has 0 radical (unpaired) electrons. The van der Waals surface area contributed by atoms with Gasteiger partial charge >= 0.3 is 0 Å². The lowest BCUT2D eigenvalue weighted by molar-refractivity contribution is -0.124. The maximum absolute atomic E-state index is 12.2. The van der Waals surface area contributed by atoms with E-state index in [2.05, 4.69) is 49.4 Å². The molecule has 0 aromatic carbocycles. The van der Waals surface area contributed by atoms with Crippen LogP contribution in [0.3, 0.4) is 0 Å². The van der Waals surface area contributed by atoms with Gasteiger partial charge in [0.2, 0.25) is 5.91 Å². The number of fused-ring (bicyclic) bond motifs is 5. The normalized spacial score (nSPS) is 42.5. The second kappa shape index (κ2) is 6.43. The smallest absolute Gasteiger partial charge is 0.220 e. The van der Waals surface area contributed by atoms with E-state index in [-0.39, 0.29) is 5.91 Å². The summed E-state index contributed by atoms with van der Waals surface area (Å²) >= 11 is 0. The molecule has 0 bridgehead atoms. The van der Waals surface area contributed by atoms with E-state index in [1.807, 2.05) is 6.20 Å². The van der Waals surface area contributed by atoms with Gasteiger partial charge in [0, 0.05) is 25.4 Å². The predicted molar refractivity (Wildman–Crippen MR) is 112 cm³/mol. The fourth-order valence-electron chi connectivity index (χ4n) is 7.74. The zero-order chi connectivity index (χ0) is 19.5. The van der Waals surface area contributed by atoms with Crippen LogP contribution < -0.4 is 5.32 Å². The first-order valence-corrected chi connectivity index (χ1v) is 11.3. The van der Waals surface area contributed by atoms with Crippen LogP contribution in [0.25, 0.3) is 5.57 Å². The van der Waals surface area contributed by atoms with Crippen LogP contribution in [-0.4, -0.2) is 17.4 Å². The molecule has 1 aliphatic heterocycles. The van der Waals surface area contributed by atoms with Gasteiger partial charge in [-0.05, 0) is 103 Å². The fourth-order valence-corrected chi connectivity index (χ4v) is 7.74. The Morgan fingerprint density at radius 1 is 1.11 bits per heavy atom. The third kappa shape index (κ3) is 2.61. The summed E-state index contributed by atoms with van der Waals surface area (Å²) in [5, 5.41) is 3.15. The van der Waals surface area contributed by atoms with Gasteiger partial charge in [-0.2, -0.15) is 0 Å². The first kappa shape index (κ1) is 18.4. The first-order chi connectivity index (χ1) is 13.4. The highest BCUT2D eigenvalue weighted by Gasteiger charge is 2.58. The largest absolute Gasteiger partial charge is 0.356 e. The molecule has 1 aromatic heterocycles. The van der Waals surface area contributed by atoms with E-state index >= 15 is 0 Å². The number of nitrogens with zero attached hydrogens (tertiary/aromatic N) is 1. The van der Waals surface area contributed by atoms with Crippen molar-refractivity contribution in [2.45, 2.75) is 65.7 Å². The molecule has 2 heterocycles. The number of aromatic nitrogens is 1. The van der Waals surface area contributed by atoms with Crippen molar-refractivity contribution < 1.29 is 4.79 Å². The highest BCUT2D eigenvalue weighted by atomic mass is 16.1. The summed E-state index contributed by atoms with van der Waals surface area (Å²) in [6.07, 6.45) is 14.8. The van der Waals surface area contributed by atoms with Crippen molar-refractivity contribution in [2.75, 3.05) is 6.54 Å². The summed E-state index contributed by atoms with van der Waals surface area (Å²) in [6, 6.07) is 2.32. The Kier molecular flexibility index (Phi) is 4.23. The van der Waals surface area contributed by atoms with Gasteiger partial charge in [0.05, 0.1) is 0 Å². The van der Waals surface area contributed by atoms with Gasteiger partial charge in [-0.3, -0.25) is 9.78 Å². The van der Waals surface area contributed by atoms with Crippen molar-refractivity contribution in [1.82, 2.24) is 10.3 Å². The Labute approximate surface area is 169 Å². The highest BCUT2D eigenvalue weighted by Crippen LogP contribution is 2.66. The average Bonchev–Trinajstić information content (AvgIpc) is 2.93. The second-order valence-electron chi connectivity index (χ2n) is 10.5. The van der Waals surface area contributed by atoms with Crippen LogP contribution >= 0.6 is 0 Å². The molecular weight excluding hydrogens is 344 g/mol. The lowest BCUT2D eigenvalue weighted by Gasteiger charge is -2.58. The molecule has 28 heavy (non-hydrogen) atoms. The number of allylic oxidation sites excluding steroid dienone is 2. The van der Waals surface area contributed by atoms with Crippen LogP contribution in [0, 0.1) is 41.4 Å². The molecule has 1 N–H and O–H groups in total. The number of aryl methyl sites for hydroxylation is 1. The molecule has 3 heteroatoms. The van der Waals surface area contributed by atoms with Crippen LogP contribution in [0.15, 0.2) is 24.5 Å².